The topological polar surface area (TPSA) is 99.2 Å². The Hall–Kier alpha value is -2.12. The summed E-state index contributed by atoms with van der Waals surface area (Å²) < 4.78 is 9.53. The lowest BCUT2D eigenvalue weighted by atomic mass is 10.2. The average Bonchev–Trinajstić information content (AvgIpc) is 2.75. The van der Waals surface area contributed by atoms with Crippen LogP contribution in [0.4, 0.5) is 4.79 Å². The Morgan fingerprint density at radius 1 is 1.09 bits per heavy atom. The first kappa shape index (κ1) is 17.9. The van der Waals surface area contributed by atoms with Crippen LogP contribution in [-0.2, 0) is 28.7 Å². The smallest absolute Gasteiger partial charge is 0.425 e. The lowest BCUT2D eigenvalue weighted by molar-refractivity contribution is -0.191. The van der Waals surface area contributed by atoms with E-state index in [1.807, 2.05) is 0 Å². The molecule has 1 heterocycles. The number of hydroxylamine groups is 2. The molecule has 2 amide bonds. The highest BCUT2D eigenvalue weighted by molar-refractivity contribution is 6.01. The summed E-state index contributed by atoms with van der Waals surface area (Å²) in [6.07, 6.45) is 1.56. The highest BCUT2D eigenvalue weighted by atomic mass is 16.9. The maximum Gasteiger partial charge on any atom is 0.537 e. The molecule has 0 aromatic rings. The molecule has 0 spiro atoms. The van der Waals surface area contributed by atoms with Crippen LogP contribution in [0.1, 0.15) is 58.8 Å². The molecule has 22 heavy (non-hydrogen) atoms. The van der Waals surface area contributed by atoms with E-state index in [1.54, 1.807) is 0 Å². The number of hydrogen-bond donors (Lipinski definition) is 0. The fraction of sp³-hybridized carbons (Fsp3) is 0.714. The zero-order valence-corrected chi connectivity index (χ0v) is 12.8. The summed E-state index contributed by atoms with van der Waals surface area (Å²) in [7, 11) is 0. The van der Waals surface area contributed by atoms with E-state index in [2.05, 4.69) is 16.5 Å². The molecule has 1 unspecified atom stereocenters. The maximum absolute atomic E-state index is 11.5. The van der Waals surface area contributed by atoms with E-state index >= 15 is 0 Å². The molecule has 1 aliphatic rings. The lowest BCUT2D eigenvalue weighted by Gasteiger charge is -2.16. The van der Waals surface area contributed by atoms with Gasteiger partial charge < -0.3 is 9.47 Å². The Kier molecular flexibility index (Phi) is 7.34. The third-order valence-electron chi connectivity index (χ3n) is 2.97. The van der Waals surface area contributed by atoms with Crippen molar-refractivity contribution in [1.29, 1.82) is 0 Å². The van der Waals surface area contributed by atoms with Crippen molar-refractivity contribution in [2.75, 3.05) is 0 Å². The van der Waals surface area contributed by atoms with E-state index in [1.165, 1.54) is 6.92 Å². The molecule has 124 valence electrons. The fourth-order valence-corrected chi connectivity index (χ4v) is 1.85. The van der Waals surface area contributed by atoms with E-state index in [-0.39, 0.29) is 19.3 Å². The number of imide groups is 1. The number of nitrogens with zero attached hydrogens (tertiary/aromatic N) is 1. The van der Waals surface area contributed by atoms with E-state index in [0.717, 1.165) is 19.3 Å². The highest BCUT2D eigenvalue weighted by Gasteiger charge is 2.34. The molecule has 1 atom stereocenters. The Morgan fingerprint density at radius 2 is 1.73 bits per heavy atom. The molecule has 0 N–H and O–H groups in total. The zero-order valence-electron chi connectivity index (χ0n) is 12.8. The van der Waals surface area contributed by atoms with Gasteiger partial charge in [0.15, 0.2) is 0 Å². The molecular formula is C14H21NO7. The van der Waals surface area contributed by atoms with Crippen LogP contribution in [0.3, 0.4) is 0 Å². The summed E-state index contributed by atoms with van der Waals surface area (Å²) in [5.74, 6) is -1.70. The highest BCUT2D eigenvalue weighted by Crippen LogP contribution is 2.13. The van der Waals surface area contributed by atoms with Crippen LogP contribution in [0.2, 0.25) is 0 Å². The van der Waals surface area contributed by atoms with Crippen molar-refractivity contribution < 1.29 is 33.5 Å². The zero-order chi connectivity index (χ0) is 16.5. The first-order valence-corrected chi connectivity index (χ1v) is 7.38. The van der Waals surface area contributed by atoms with Crippen LogP contribution in [0.15, 0.2) is 0 Å². The maximum atomic E-state index is 11.5. The second-order valence-electron chi connectivity index (χ2n) is 4.91. The van der Waals surface area contributed by atoms with Gasteiger partial charge in [0.05, 0.1) is 0 Å². The van der Waals surface area contributed by atoms with Gasteiger partial charge in [0.1, 0.15) is 0 Å². The Labute approximate surface area is 128 Å². The summed E-state index contributed by atoms with van der Waals surface area (Å²) >= 11 is 0. The Balaban J connectivity index is 2.24. The van der Waals surface area contributed by atoms with Crippen LogP contribution in [0.25, 0.3) is 0 Å². The van der Waals surface area contributed by atoms with Gasteiger partial charge in [-0.05, 0) is 6.42 Å². The van der Waals surface area contributed by atoms with Crippen molar-refractivity contribution in [3.8, 4) is 0 Å². The molecule has 8 heteroatoms. The molecule has 1 saturated heterocycles. The number of amides is 2. The molecule has 8 nitrogen and oxygen atoms in total. The van der Waals surface area contributed by atoms with Gasteiger partial charge in [-0.2, -0.15) is 0 Å². The van der Waals surface area contributed by atoms with Crippen molar-refractivity contribution in [3.63, 3.8) is 0 Å². The minimum absolute atomic E-state index is 0.00554. The summed E-state index contributed by atoms with van der Waals surface area (Å²) in [6.45, 7) is 3.41. The monoisotopic (exact) mass is 315 g/mol. The first-order chi connectivity index (χ1) is 10.4. The van der Waals surface area contributed by atoms with Crippen LogP contribution in [0.5, 0.6) is 0 Å². The summed E-state index contributed by atoms with van der Waals surface area (Å²) in [5, 5.41) is 0.363. The van der Waals surface area contributed by atoms with Gasteiger partial charge in [0.25, 0.3) is 11.8 Å². The van der Waals surface area contributed by atoms with Crippen molar-refractivity contribution in [1.82, 2.24) is 5.06 Å². The Morgan fingerprint density at radius 3 is 2.32 bits per heavy atom. The molecule has 0 aromatic carbocycles. The molecule has 0 saturated carbocycles. The number of hydrogen-bond acceptors (Lipinski definition) is 7. The summed E-state index contributed by atoms with van der Waals surface area (Å²) in [5.41, 5.74) is 0. The third-order valence-corrected chi connectivity index (χ3v) is 2.97. The van der Waals surface area contributed by atoms with E-state index in [0.29, 0.717) is 11.5 Å². The SMILES string of the molecule is CCCCCCC(=O)OC(C)OC(=O)ON1C(=O)CCC1=O. The van der Waals surface area contributed by atoms with Crippen molar-refractivity contribution >= 4 is 23.9 Å². The van der Waals surface area contributed by atoms with Crippen LogP contribution in [0, 0.1) is 0 Å². The molecular weight excluding hydrogens is 294 g/mol. The Bertz CT molecular complexity index is 419. The van der Waals surface area contributed by atoms with Gasteiger partial charge in [-0.1, -0.05) is 31.2 Å². The lowest BCUT2D eigenvalue weighted by Crippen LogP contribution is -2.34. The van der Waals surface area contributed by atoms with Crippen molar-refractivity contribution in [2.24, 2.45) is 0 Å². The minimum Gasteiger partial charge on any atom is -0.425 e. The predicted molar refractivity (Wildman–Crippen MR) is 73.0 cm³/mol. The molecule has 0 aromatic heterocycles. The first-order valence-electron chi connectivity index (χ1n) is 7.38. The van der Waals surface area contributed by atoms with Gasteiger partial charge in [-0.3, -0.25) is 19.2 Å². The standard InChI is InChI=1S/C14H21NO7/c1-3-4-5-6-7-13(18)20-10(2)21-14(19)22-15-11(16)8-9-12(15)17/h10H,3-9H2,1-2H3. The van der Waals surface area contributed by atoms with Crippen LogP contribution in [-0.4, -0.2) is 35.3 Å². The number of esters is 1. The van der Waals surface area contributed by atoms with Gasteiger partial charge in [-0.15, -0.1) is 0 Å². The van der Waals surface area contributed by atoms with E-state index in [4.69, 9.17) is 4.74 Å². The second kappa shape index (κ2) is 9.01. The van der Waals surface area contributed by atoms with Gasteiger partial charge in [0, 0.05) is 26.2 Å². The van der Waals surface area contributed by atoms with Gasteiger partial charge in [0.2, 0.25) is 6.29 Å². The normalized spacial score (nSPS) is 15.6. The number of ether oxygens (including phenoxy) is 2. The molecule has 1 rings (SSSR count). The molecule has 0 bridgehead atoms. The molecule has 0 radical (unpaired) electrons. The molecule has 0 aliphatic carbocycles. The number of carbonyl (C=O) groups is 4. The van der Waals surface area contributed by atoms with Crippen LogP contribution >= 0.6 is 0 Å². The third kappa shape index (κ3) is 6.11. The van der Waals surface area contributed by atoms with Crippen molar-refractivity contribution in [3.05, 3.63) is 0 Å². The predicted octanol–water partition coefficient (Wildman–Crippen LogP) is 2.06. The number of carbonyl (C=O) groups excluding carboxylic acids is 4. The second-order valence-corrected chi connectivity index (χ2v) is 4.91. The number of rotatable bonds is 8. The van der Waals surface area contributed by atoms with Crippen LogP contribution < -0.4 is 0 Å². The molecule has 1 fully saturated rings. The van der Waals surface area contributed by atoms with Gasteiger partial charge in [-0.25, -0.2) is 4.79 Å². The number of unbranched alkanes of at least 4 members (excludes halogenated alkanes) is 3. The van der Waals surface area contributed by atoms with Crippen molar-refractivity contribution in [2.45, 2.75) is 65.1 Å². The fourth-order valence-electron chi connectivity index (χ4n) is 1.85. The van der Waals surface area contributed by atoms with Gasteiger partial charge >= 0.3 is 12.1 Å². The summed E-state index contributed by atoms with van der Waals surface area (Å²) in [4.78, 5) is 49.8. The minimum atomic E-state index is -1.27. The van der Waals surface area contributed by atoms with E-state index < -0.39 is 30.2 Å². The average molecular weight is 315 g/mol. The largest absolute Gasteiger partial charge is 0.537 e. The molecule has 1 aliphatic heterocycles. The summed E-state index contributed by atoms with van der Waals surface area (Å²) in [6, 6.07) is 0. The quantitative estimate of drug-likeness (QED) is 0.292. The van der Waals surface area contributed by atoms with E-state index in [9.17, 15) is 19.2 Å².